The third kappa shape index (κ3) is 1.76. The van der Waals surface area contributed by atoms with Crippen LogP contribution in [-0.4, -0.2) is 0 Å². The van der Waals surface area contributed by atoms with E-state index >= 15 is 0 Å². The Balaban J connectivity index is 1.74. The number of hydrogen-bond acceptors (Lipinski definition) is 0. The average molecular weight is 296 g/mol. The van der Waals surface area contributed by atoms with Crippen LogP contribution < -0.4 is 0 Å². The van der Waals surface area contributed by atoms with Crippen LogP contribution in [0.5, 0.6) is 0 Å². The first kappa shape index (κ1) is 14.8. The van der Waals surface area contributed by atoms with Crippen LogP contribution >= 0.6 is 0 Å². The van der Waals surface area contributed by atoms with E-state index in [-0.39, 0.29) is 0 Å². The molecule has 0 N–H and O–H groups in total. The predicted octanol–water partition coefficient (Wildman–Crippen LogP) is 6.31. The van der Waals surface area contributed by atoms with Gasteiger partial charge in [-0.25, -0.2) is 0 Å². The van der Waals surface area contributed by atoms with Gasteiger partial charge in [-0.2, -0.15) is 0 Å². The molecule has 2 saturated carbocycles. The first-order chi connectivity index (χ1) is 10.5. The van der Waals surface area contributed by atoms with Gasteiger partial charge in [0.05, 0.1) is 0 Å². The standard InChI is InChI=1S/C22H32/c1-5-18-15(2)14-20-17-10-9-16-8-6-7-12-21(16,3)19(17)11-13-22(18,20)4/h8-10,17-20H,2,5-7,11-14H2,1,3-4H3/t17-,18+,19+,20+,21+,22-/m1/s1. The smallest absolute Gasteiger partial charge is 0.00445 e. The van der Waals surface area contributed by atoms with Crippen LogP contribution in [-0.2, 0) is 0 Å². The summed E-state index contributed by atoms with van der Waals surface area (Å²) >= 11 is 0. The second-order valence-electron chi connectivity index (χ2n) is 8.99. The largest absolute Gasteiger partial charge is 0.0995 e. The minimum absolute atomic E-state index is 0.463. The molecule has 0 bridgehead atoms. The van der Waals surface area contributed by atoms with Crippen molar-refractivity contribution in [1.82, 2.24) is 0 Å². The molecule has 2 fully saturated rings. The lowest BCUT2D eigenvalue weighted by Crippen LogP contribution is -2.48. The van der Waals surface area contributed by atoms with E-state index in [1.165, 1.54) is 44.9 Å². The van der Waals surface area contributed by atoms with Crippen molar-refractivity contribution in [3.63, 3.8) is 0 Å². The summed E-state index contributed by atoms with van der Waals surface area (Å²) in [6.45, 7) is 12.0. The second-order valence-corrected chi connectivity index (χ2v) is 8.99. The molecular formula is C22H32. The van der Waals surface area contributed by atoms with Crippen molar-refractivity contribution in [3.8, 4) is 0 Å². The van der Waals surface area contributed by atoms with Gasteiger partial charge in [0.25, 0.3) is 0 Å². The van der Waals surface area contributed by atoms with Gasteiger partial charge >= 0.3 is 0 Å². The van der Waals surface area contributed by atoms with Crippen LogP contribution in [0.15, 0.2) is 36.0 Å². The van der Waals surface area contributed by atoms with Crippen LogP contribution in [0.1, 0.15) is 65.7 Å². The molecule has 0 unspecified atom stereocenters. The summed E-state index contributed by atoms with van der Waals surface area (Å²) in [6.07, 6.45) is 17.2. The third-order valence-electron chi connectivity index (χ3n) is 8.19. The summed E-state index contributed by atoms with van der Waals surface area (Å²) in [5, 5.41) is 0. The Hall–Kier alpha value is -0.780. The van der Waals surface area contributed by atoms with Crippen molar-refractivity contribution in [2.75, 3.05) is 0 Å². The van der Waals surface area contributed by atoms with E-state index in [9.17, 15) is 0 Å². The van der Waals surface area contributed by atoms with E-state index in [1.54, 1.807) is 11.1 Å². The Bertz CT molecular complexity index is 550. The number of hydrogen-bond donors (Lipinski definition) is 0. The van der Waals surface area contributed by atoms with Crippen molar-refractivity contribution in [1.29, 1.82) is 0 Å². The Labute approximate surface area is 136 Å². The molecule has 0 heteroatoms. The Morgan fingerprint density at radius 2 is 2.05 bits per heavy atom. The molecule has 4 rings (SSSR count). The molecule has 0 nitrogen and oxygen atoms in total. The van der Waals surface area contributed by atoms with E-state index in [0.29, 0.717) is 10.8 Å². The van der Waals surface area contributed by atoms with E-state index in [4.69, 9.17) is 0 Å². The Kier molecular flexibility index (Phi) is 3.26. The molecular weight excluding hydrogens is 264 g/mol. The average Bonchev–Trinajstić information content (AvgIpc) is 2.76. The molecule has 22 heavy (non-hydrogen) atoms. The third-order valence-corrected chi connectivity index (χ3v) is 8.19. The monoisotopic (exact) mass is 296 g/mol. The van der Waals surface area contributed by atoms with Crippen LogP contribution in [0.4, 0.5) is 0 Å². The molecule has 0 aromatic carbocycles. The second kappa shape index (κ2) is 4.86. The molecule has 6 atom stereocenters. The zero-order valence-corrected chi connectivity index (χ0v) is 14.7. The summed E-state index contributed by atoms with van der Waals surface area (Å²) in [6, 6.07) is 0. The first-order valence-electron chi connectivity index (χ1n) is 9.57. The highest BCUT2D eigenvalue weighted by Gasteiger charge is 2.58. The highest BCUT2D eigenvalue weighted by Crippen LogP contribution is 2.66. The molecule has 0 aromatic heterocycles. The summed E-state index contributed by atoms with van der Waals surface area (Å²) in [7, 11) is 0. The van der Waals surface area contributed by atoms with Gasteiger partial charge in [-0.05, 0) is 85.0 Å². The fourth-order valence-corrected chi connectivity index (χ4v) is 7.00. The van der Waals surface area contributed by atoms with Crippen molar-refractivity contribution >= 4 is 0 Å². The maximum atomic E-state index is 4.48. The molecule has 0 radical (unpaired) electrons. The predicted molar refractivity (Wildman–Crippen MR) is 94.5 cm³/mol. The summed E-state index contributed by atoms with van der Waals surface area (Å²) < 4.78 is 0. The maximum Gasteiger partial charge on any atom is -0.00445 e. The normalized spacial score (nSPS) is 50.1. The lowest BCUT2D eigenvalue weighted by atomic mass is 9.48. The molecule has 4 aliphatic carbocycles. The van der Waals surface area contributed by atoms with Gasteiger partial charge in [0.15, 0.2) is 0 Å². The molecule has 0 saturated heterocycles. The molecule has 0 aliphatic heterocycles. The number of fused-ring (bicyclic) bond motifs is 5. The molecule has 4 aliphatic rings. The Morgan fingerprint density at radius 1 is 1.23 bits per heavy atom. The van der Waals surface area contributed by atoms with Crippen LogP contribution in [0, 0.1) is 34.5 Å². The lowest BCUT2D eigenvalue weighted by Gasteiger charge is -2.56. The van der Waals surface area contributed by atoms with Crippen molar-refractivity contribution in [2.24, 2.45) is 34.5 Å². The van der Waals surface area contributed by atoms with Gasteiger partial charge < -0.3 is 0 Å². The lowest BCUT2D eigenvalue weighted by molar-refractivity contribution is -0.0144. The maximum absolute atomic E-state index is 4.48. The molecule has 0 heterocycles. The van der Waals surface area contributed by atoms with Crippen molar-refractivity contribution in [2.45, 2.75) is 65.7 Å². The summed E-state index contributed by atoms with van der Waals surface area (Å²) in [5.74, 6) is 3.29. The number of allylic oxidation sites excluding steroid dienone is 5. The topological polar surface area (TPSA) is 0 Å². The van der Waals surface area contributed by atoms with Crippen molar-refractivity contribution in [3.05, 3.63) is 36.0 Å². The van der Waals surface area contributed by atoms with Crippen LogP contribution in [0.2, 0.25) is 0 Å². The SMILES string of the molecule is C=C1C[C@H]2[C@@H]3C=CC4=CCCC[C@]4(C)[C@H]3CC[C@]2(C)[C@H]1CC. The van der Waals surface area contributed by atoms with Gasteiger partial charge in [-0.15, -0.1) is 0 Å². The highest BCUT2D eigenvalue weighted by molar-refractivity contribution is 5.36. The Morgan fingerprint density at radius 3 is 2.82 bits per heavy atom. The van der Waals surface area contributed by atoms with Crippen LogP contribution in [0.3, 0.4) is 0 Å². The van der Waals surface area contributed by atoms with E-state index in [1.807, 2.05) is 0 Å². The van der Waals surface area contributed by atoms with Crippen LogP contribution in [0.25, 0.3) is 0 Å². The highest BCUT2D eigenvalue weighted by atomic mass is 14.6. The van der Waals surface area contributed by atoms with Gasteiger partial charge in [-0.1, -0.05) is 51.2 Å². The molecule has 0 aromatic rings. The zero-order valence-electron chi connectivity index (χ0n) is 14.7. The first-order valence-corrected chi connectivity index (χ1v) is 9.57. The minimum Gasteiger partial charge on any atom is -0.0995 e. The van der Waals surface area contributed by atoms with E-state index < -0.39 is 0 Å². The number of rotatable bonds is 1. The molecule has 0 amide bonds. The summed E-state index contributed by atoms with van der Waals surface area (Å²) in [4.78, 5) is 0. The zero-order chi connectivity index (χ0) is 15.5. The van der Waals surface area contributed by atoms with E-state index in [0.717, 1.165) is 23.7 Å². The fourth-order valence-electron chi connectivity index (χ4n) is 7.00. The quantitative estimate of drug-likeness (QED) is 0.497. The summed E-state index contributed by atoms with van der Waals surface area (Å²) in [5.41, 5.74) is 4.19. The minimum atomic E-state index is 0.463. The van der Waals surface area contributed by atoms with Crippen molar-refractivity contribution < 1.29 is 0 Å². The van der Waals surface area contributed by atoms with Gasteiger partial charge in [0, 0.05) is 0 Å². The van der Waals surface area contributed by atoms with Gasteiger partial charge in [-0.3, -0.25) is 0 Å². The fraction of sp³-hybridized carbons (Fsp3) is 0.727. The van der Waals surface area contributed by atoms with Gasteiger partial charge in [0.2, 0.25) is 0 Å². The molecule has 0 spiro atoms. The van der Waals surface area contributed by atoms with Gasteiger partial charge in [0.1, 0.15) is 0 Å². The van der Waals surface area contributed by atoms with E-state index in [2.05, 4.69) is 45.6 Å². The molecule has 120 valence electrons.